The maximum absolute atomic E-state index is 13.5. The van der Waals surface area contributed by atoms with E-state index in [1.54, 1.807) is 4.90 Å². The summed E-state index contributed by atoms with van der Waals surface area (Å²) in [6.45, 7) is 0.947. The van der Waals surface area contributed by atoms with Gasteiger partial charge in [-0.05, 0) is 0 Å². The van der Waals surface area contributed by atoms with E-state index in [0.717, 1.165) is 6.20 Å². The zero-order chi connectivity index (χ0) is 17.7. The molecule has 0 spiro atoms. The molecule has 1 aliphatic heterocycles. The third-order valence-corrected chi connectivity index (χ3v) is 3.66. The van der Waals surface area contributed by atoms with Gasteiger partial charge in [0.2, 0.25) is 11.9 Å². The number of aliphatic hydroxyl groups is 1. The number of carboxylic acid groups (broad SMARTS) is 1. The van der Waals surface area contributed by atoms with Crippen molar-refractivity contribution in [3.8, 4) is 0 Å². The molecule has 132 valence electrons. The van der Waals surface area contributed by atoms with Crippen molar-refractivity contribution in [1.29, 1.82) is 0 Å². The van der Waals surface area contributed by atoms with Gasteiger partial charge in [0.05, 0.1) is 18.7 Å². The molecule has 0 aromatic carbocycles. The number of β-amino-alcohol motifs (C(OH)–C–C–N with tert-alkyl or cyclic N) is 1. The number of carbonyl (C=O) groups is 2. The number of carboxylic acids is 1. The third-order valence-electron chi connectivity index (χ3n) is 3.66. The van der Waals surface area contributed by atoms with Gasteiger partial charge in [0.15, 0.2) is 11.6 Å². The van der Waals surface area contributed by atoms with Crippen molar-refractivity contribution in [2.75, 3.05) is 43.4 Å². The van der Waals surface area contributed by atoms with Gasteiger partial charge in [0.1, 0.15) is 0 Å². The summed E-state index contributed by atoms with van der Waals surface area (Å²) in [5.41, 5.74) is 0. The normalized spacial score (nSPS) is 18.2. The van der Waals surface area contributed by atoms with E-state index >= 15 is 0 Å². The highest BCUT2D eigenvalue weighted by atomic mass is 19.1. The molecule has 1 fully saturated rings. The van der Waals surface area contributed by atoms with Crippen molar-refractivity contribution in [2.24, 2.45) is 0 Å². The van der Waals surface area contributed by atoms with Crippen LogP contribution in [0.2, 0.25) is 0 Å². The molecule has 9 nitrogen and oxygen atoms in total. The summed E-state index contributed by atoms with van der Waals surface area (Å²) in [6, 6.07) is 0. The Kier molecular flexibility index (Phi) is 5.85. The molecule has 2 heterocycles. The minimum Gasteiger partial charge on any atom is -0.481 e. The third kappa shape index (κ3) is 4.51. The number of rotatable bonds is 5. The van der Waals surface area contributed by atoms with E-state index in [1.807, 2.05) is 0 Å². The first kappa shape index (κ1) is 17.9. The molecule has 0 bridgehead atoms. The van der Waals surface area contributed by atoms with Crippen LogP contribution in [-0.4, -0.2) is 76.3 Å². The number of aliphatic hydroxyl groups excluding tert-OH is 1. The second-order valence-corrected chi connectivity index (χ2v) is 5.45. The molecule has 0 aliphatic carbocycles. The molecule has 0 saturated carbocycles. The van der Waals surface area contributed by atoms with Crippen molar-refractivity contribution in [2.45, 2.75) is 18.9 Å². The fourth-order valence-electron chi connectivity index (χ4n) is 2.46. The van der Waals surface area contributed by atoms with Crippen molar-refractivity contribution in [3.05, 3.63) is 12.0 Å². The Labute approximate surface area is 138 Å². The molecule has 1 aliphatic rings. The Bertz CT molecular complexity index is 615. The molecule has 1 aromatic heterocycles. The molecular formula is C14H20FN5O4. The zero-order valence-electron chi connectivity index (χ0n) is 13.3. The first-order valence-corrected chi connectivity index (χ1v) is 7.53. The number of carbonyl (C=O) groups excluding carboxylic acids is 1. The van der Waals surface area contributed by atoms with Gasteiger partial charge in [0.25, 0.3) is 0 Å². The van der Waals surface area contributed by atoms with Crippen LogP contribution >= 0.6 is 0 Å². The van der Waals surface area contributed by atoms with Crippen LogP contribution in [0.25, 0.3) is 0 Å². The molecule has 0 radical (unpaired) electrons. The predicted octanol–water partition coefficient (Wildman–Crippen LogP) is -0.468. The first-order chi connectivity index (χ1) is 11.4. The predicted molar refractivity (Wildman–Crippen MR) is 83.2 cm³/mol. The molecule has 24 heavy (non-hydrogen) atoms. The van der Waals surface area contributed by atoms with Crippen LogP contribution in [0.4, 0.5) is 16.2 Å². The lowest BCUT2D eigenvalue weighted by Gasteiger charge is -2.22. The average Bonchev–Trinajstić information content (AvgIpc) is 2.74. The maximum Gasteiger partial charge on any atom is 0.303 e. The van der Waals surface area contributed by atoms with Crippen LogP contribution in [0.15, 0.2) is 6.20 Å². The maximum atomic E-state index is 13.5. The highest BCUT2D eigenvalue weighted by Gasteiger charge is 2.26. The SMILES string of the molecule is CNc1nc(N2CCN(C(=O)CCC(=O)O)CC(O)C2)ncc1F. The number of anilines is 2. The molecule has 1 aromatic rings. The van der Waals surface area contributed by atoms with Gasteiger partial charge in [0, 0.05) is 39.6 Å². The molecular weight excluding hydrogens is 321 g/mol. The summed E-state index contributed by atoms with van der Waals surface area (Å²) < 4.78 is 13.5. The van der Waals surface area contributed by atoms with Gasteiger partial charge in [-0.2, -0.15) is 4.98 Å². The number of hydrogen-bond donors (Lipinski definition) is 3. The number of aromatic nitrogens is 2. The second kappa shape index (κ2) is 7.86. The summed E-state index contributed by atoms with van der Waals surface area (Å²) in [6.07, 6.45) is -0.157. The molecule has 1 atom stereocenters. The summed E-state index contributed by atoms with van der Waals surface area (Å²) in [7, 11) is 1.54. The minimum atomic E-state index is -1.04. The van der Waals surface area contributed by atoms with E-state index in [4.69, 9.17) is 5.11 Å². The van der Waals surface area contributed by atoms with E-state index in [-0.39, 0.29) is 43.6 Å². The lowest BCUT2D eigenvalue weighted by molar-refractivity contribution is -0.141. The van der Waals surface area contributed by atoms with Gasteiger partial charge in [-0.1, -0.05) is 0 Å². The fraction of sp³-hybridized carbons (Fsp3) is 0.571. The zero-order valence-corrected chi connectivity index (χ0v) is 13.3. The van der Waals surface area contributed by atoms with E-state index in [2.05, 4.69) is 15.3 Å². The first-order valence-electron chi connectivity index (χ1n) is 7.53. The highest BCUT2D eigenvalue weighted by Crippen LogP contribution is 2.17. The van der Waals surface area contributed by atoms with Crippen LogP contribution in [-0.2, 0) is 9.59 Å². The molecule has 1 saturated heterocycles. The Morgan fingerprint density at radius 3 is 2.79 bits per heavy atom. The van der Waals surface area contributed by atoms with Gasteiger partial charge in [-0.3, -0.25) is 9.59 Å². The van der Waals surface area contributed by atoms with Crippen molar-refractivity contribution < 1.29 is 24.2 Å². The van der Waals surface area contributed by atoms with Crippen LogP contribution in [0.1, 0.15) is 12.8 Å². The molecule has 2 rings (SSSR count). The standard InChI is InChI=1S/C14H20FN5O4/c1-16-13-10(15)6-17-14(18-13)20-5-4-19(7-9(21)8-20)11(22)2-3-12(23)24/h6,9,21H,2-5,7-8H2,1H3,(H,23,24)(H,16,17,18). The minimum absolute atomic E-state index is 0.0492. The summed E-state index contributed by atoms with van der Waals surface area (Å²) in [4.78, 5) is 33.7. The number of amides is 1. The Hall–Kier alpha value is -2.49. The number of nitrogens with one attached hydrogen (secondary N) is 1. The number of aliphatic carboxylic acids is 1. The van der Waals surface area contributed by atoms with Crippen molar-refractivity contribution in [3.63, 3.8) is 0 Å². The average molecular weight is 341 g/mol. The molecule has 1 amide bonds. The second-order valence-electron chi connectivity index (χ2n) is 5.45. The fourth-order valence-corrected chi connectivity index (χ4v) is 2.46. The van der Waals surface area contributed by atoms with Crippen LogP contribution in [0.3, 0.4) is 0 Å². The molecule has 3 N–H and O–H groups in total. The Balaban J connectivity index is 2.06. The monoisotopic (exact) mass is 341 g/mol. The Morgan fingerprint density at radius 1 is 1.38 bits per heavy atom. The quantitative estimate of drug-likeness (QED) is 0.658. The number of halogens is 1. The lowest BCUT2D eigenvalue weighted by Crippen LogP contribution is -2.37. The summed E-state index contributed by atoms with van der Waals surface area (Å²) >= 11 is 0. The van der Waals surface area contributed by atoms with Crippen LogP contribution in [0.5, 0.6) is 0 Å². The van der Waals surface area contributed by atoms with E-state index in [1.165, 1.54) is 11.9 Å². The largest absolute Gasteiger partial charge is 0.481 e. The number of nitrogens with zero attached hydrogens (tertiary/aromatic N) is 4. The Morgan fingerprint density at radius 2 is 2.12 bits per heavy atom. The van der Waals surface area contributed by atoms with E-state index in [0.29, 0.717) is 13.1 Å². The van der Waals surface area contributed by atoms with Gasteiger partial charge >= 0.3 is 5.97 Å². The van der Waals surface area contributed by atoms with Crippen molar-refractivity contribution >= 4 is 23.6 Å². The van der Waals surface area contributed by atoms with Crippen LogP contribution < -0.4 is 10.2 Å². The summed E-state index contributed by atoms with van der Waals surface area (Å²) in [5, 5.41) is 21.4. The molecule has 1 unspecified atom stereocenters. The van der Waals surface area contributed by atoms with Gasteiger partial charge in [-0.15, -0.1) is 0 Å². The van der Waals surface area contributed by atoms with Crippen LogP contribution in [0, 0.1) is 5.82 Å². The van der Waals surface area contributed by atoms with Gasteiger partial charge < -0.3 is 25.3 Å². The van der Waals surface area contributed by atoms with E-state index in [9.17, 15) is 19.1 Å². The highest BCUT2D eigenvalue weighted by molar-refractivity contribution is 5.80. The van der Waals surface area contributed by atoms with E-state index < -0.39 is 17.9 Å². The topological polar surface area (TPSA) is 119 Å². The lowest BCUT2D eigenvalue weighted by atomic mass is 10.2. The number of hydrogen-bond acceptors (Lipinski definition) is 7. The summed E-state index contributed by atoms with van der Waals surface area (Å²) in [5.74, 6) is -1.65. The van der Waals surface area contributed by atoms with Gasteiger partial charge in [-0.25, -0.2) is 9.37 Å². The van der Waals surface area contributed by atoms with Crippen molar-refractivity contribution in [1.82, 2.24) is 14.9 Å². The smallest absolute Gasteiger partial charge is 0.303 e. The molecule has 10 heteroatoms.